The molecule has 0 aliphatic carbocycles. The minimum atomic E-state index is -0.739. The zero-order valence-corrected chi connectivity index (χ0v) is 12.4. The molecule has 1 aromatic rings. The van der Waals surface area contributed by atoms with Crippen LogP contribution in [0, 0.1) is 0 Å². The smallest absolute Gasteiger partial charge is 0.119 e. The first-order valence-electron chi connectivity index (χ1n) is 7.16. The Balaban J connectivity index is 2.47. The van der Waals surface area contributed by atoms with Crippen LogP contribution in [-0.4, -0.2) is 30.9 Å². The van der Waals surface area contributed by atoms with Crippen LogP contribution in [0.25, 0.3) is 0 Å². The average molecular weight is 265 g/mol. The molecule has 1 unspecified atom stereocenters. The van der Waals surface area contributed by atoms with Crippen molar-refractivity contribution in [2.45, 2.75) is 45.1 Å². The normalized spacial score (nSPS) is 14.1. The van der Waals surface area contributed by atoms with Gasteiger partial charge >= 0.3 is 0 Å². The van der Waals surface area contributed by atoms with E-state index in [1.54, 1.807) is 0 Å². The van der Waals surface area contributed by atoms with E-state index in [1.165, 1.54) is 5.56 Å². The Hall–Kier alpha value is -1.06. The molecule has 2 N–H and O–H groups in total. The number of nitrogens with one attached hydrogen (secondary N) is 1. The lowest BCUT2D eigenvalue weighted by molar-refractivity contribution is 0.00382. The number of aryl methyl sites for hydroxylation is 1. The molecule has 0 aliphatic heterocycles. The van der Waals surface area contributed by atoms with Crippen molar-refractivity contribution >= 4 is 0 Å². The lowest BCUT2D eigenvalue weighted by Crippen LogP contribution is -2.31. The van der Waals surface area contributed by atoms with Crippen LogP contribution in [0.4, 0.5) is 0 Å². The van der Waals surface area contributed by atoms with Crippen LogP contribution in [0.1, 0.15) is 38.7 Å². The number of hydrogen-bond donors (Lipinski definition) is 2. The Morgan fingerprint density at radius 2 is 2.16 bits per heavy atom. The quantitative estimate of drug-likeness (QED) is 0.675. The van der Waals surface area contributed by atoms with Crippen LogP contribution < -0.4 is 10.1 Å². The van der Waals surface area contributed by atoms with Gasteiger partial charge in [0, 0.05) is 0 Å². The van der Waals surface area contributed by atoms with Crippen molar-refractivity contribution in [3.8, 4) is 5.75 Å². The summed E-state index contributed by atoms with van der Waals surface area (Å²) in [5.41, 5.74) is 0.541. The van der Waals surface area contributed by atoms with Gasteiger partial charge in [0.25, 0.3) is 0 Å². The van der Waals surface area contributed by atoms with Crippen molar-refractivity contribution in [1.82, 2.24) is 5.32 Å². The van der Waals surface area contributed by atoms with Crippen molar-refractivity contribution < 1.29 is 9.84 Å². The van der Waals surface area contributed by atoms with E-state index in [-0.39, 0.29) is 0 Å². The van der Waals surface area contributed by atoms with Gasteiger partial charge < -0.3 is 15.2 Å². The molecule has 1 aromatic carbocycles. The van der Waals surface area contributed by atoms with Crippen LogP contribution >= 0.6 is 0 Å². The molecular formula is C16H27NO2. The molecule has 0 heterocycles. The number of hydrogen-bond acceptors (Lipinski definition) is 3. The number of aliphatic hydroxyl groups is 1. The maximum atomic E-state index is 10.1. The Bertz CT molecular complexity index is 364. The second-order valence-electron chi connectivity index (χ2n) is 5.39. The molecule has 19 heavy (non-hydrogen) atoms. The summed E-state index contributed by atoms with van der Waals surface area (Å²) in [4.78, 5) is 0. The molecule has 1 rings (SSSR count). The summed E-state index contributed by atoms with van der Waals surface area (Å²) in [5, 5.41) is 13.2. The third-order valence-electron chi connectivity index (χ3n) is 3.13. The topological polar surface area (TPSA) is 41.5 Å². The monoisotopic (exact) mass is 265 g/mol. The highest BCUT2D eigenvalue weighted by atomic mass is 16.5. The van der Waals surface area contributed by atoms with Crippen LogP contribution in [0.3, 0.4) is 0 Å². The van der Waals surface area contributed by atoms with Crippen LogP contribution in [0.2, 0.25) is 0 Å². The molecule has 108 valence electrons. The fourth-order valence-corrected chi connectivity index (χ4v) is 2.11. The number of benzene rings is 1. The molecule has 0 fully saturated rings. The van der Waals surface area contributed by atoms with E-state index in [2.05, 4.69) is 24.4 Å². The SMILES string of the molecule is CCCC(C)(O)COc1cccc(CCCNC)c1. The van der Waals surface area contributed by atoms with Gasteiger partial charge in [-0.15, -0.1) is 0 Å². The van der Waals surface area contributed by atoms with E-state index < -0.39 is 5.60 Å². The fraction of sp³-hybridized carbons (Fsp3) is 0.625. The molecule has 0 radical (unpaired) electrons. The molecule has 0 aromatic heterocycles. The zero-order valence-electron chi connectivity index (χ0n) is 12.4. The molecule has 0 bridgehead atoms. The summed E-state index contributed by atoms with van der Waals surface area (Å²) >= 11 is 0. The zero-order chi connectivity index (χ0) is 14.1. The van der Waals surface area contributed by atoms with Crippen molar-refractivity contribution in [2.24, 2.45) is 0 Å². The van der Waals surface area contributed by atoms with E-state index in [4.69, 9.17) is 4.74 Å². The van der Waals surface area contributed by atoms with Gasteiger partial charge in [0.2, 0.25) is 0 Å². The molecule has 3 heteroatoms. The lowest BCUT2D eigenvalue weighted by Gasteiger charge is -2.22. The van der Waals surface area contributed by atoms with Crippen molar-refractivity contribution in [3.63, 3.8) is 0 Å². The van der Waals surface area contributed by atoms with Gasteiger partial charge in [0.05, 0.1) is 5.60 Å². The second kappa shape index (κ2) is 8.18. The van der Waals surface area contributed by atoms with Gasteiger partial charge in [-0.05, 0) is 57.5 Å². The summed E-state index contributed by atoms with van der Waals surface area (Å²) in [7, 11) is 1.97. The minimum absolute atomic E-state index is 0.348. The summed E-state index contributed by atoms with van der Waals surface area (Å²) < 4.78 is 5.70. The van der Waals surface area contributed by atoms with Crippen LogP contribution in [0.5, 0.6) is 5.75 Å². The Labute approximate surface area is 117 Å². The number of rotatable bonds is 9. The first-order chi connectivity index (χ1) is 9.07. The standard InChI is InChI=1S/C16H27NO2/c1-4-10-16(2,18)13-19-15-9-5-7-14(12-15)8-6-11-17-3/h5,7,9,12,17-18H,4,6,8,10-11,13H2,1-3H3. The van der Waals surface area contributed by atoms with Crippen molar-refractivity contribution in [2.75, 3.05) is 20.2 Å². The van der Waals surface area contributed by atoms with Crippen LogP contribution in [-0.2, 0) is 6.42 Å². The molecular weight excluding hydrogens is 238 g/mol. The summed E-state index contributed by atoms with van der Waals surface area (Å²) in [6, 6.07) is 8.15. The van der Waals surface area contributed by atoms with Crippen molar-refractivity contribution in [1.29, 1.82) is 0 Å². The molecule has 0 spiro atoms. The van der Waals surface area contributed by atoms with Gasteiger partial charge in [-0.3, -0.25) is 0 Å². The highest BCUT2D eigenvalue weighted by Crippen LogP contribution is 2.18. The van der Waals surface area contributed by atoms with E-state index in [9.17, 15) is 5.11 Å². The summed E-state index contributed by atoms with van der Waals surface area (Å²) in [5.74, 6) is 0.846. The molecule has 0 saturated carbocycles. The van der Waals surface area contributed by atoms with E-state index in [0.717, 1.165) is 38.0 Å². The van der Waals surface area contributed by atoms with Gasteiger partial charge in [-0.2, -0.15) is 0 Å². The third-order valence-corrected chi connectivity index (χ3v) is 3.13. The molecule has 0 amide bonds. The highest BCUT2D eigenvalue weighted by Gasteiger charge is 2.19. The Morgan fingerprint density at radius 1 is 1.37 bits per heavy atom. The largest absolute Gasteiger partial charge is 0.491 e. The summed E-state index contributed by atoms with van der Waals surface area (Å²) in [6.07, 6.45) is 3.88. The van der Waals surface area contributed by atoms with Crippen molar-refractivity contribution in [3.05, 3.63) is 29.8 Å². The fourth-order valence-electron chi connectivity index (χ4n) is 2.11. The maximum absolute atomic E-state index is 10.1. The lowest BCUT2D eigenvalue weighted by atomic mass is 10.0. The second-order valence-corrected chi connectivity index (χ2v) is 5.39. The predicted octanol–water partition coefficient (Wildman–Crippen LogP) is 2.77. The molecule has 1 atom stereocenters. The van der Waals surface area contributed by atoms with Gasteiger partial charge in [-0.1, -0.05) is 25.5 Å². The van der Waals surface area contributed by atoms with Gasteiger partial charge in [0.1, 0.15) is 12.4 Å². The first kappa shape index (κ1) is 16.0. The number of ether oxygens (including phenoxy) is 1. The van der Waals surface area contributed by atoms with Gasteiger partial charge in [0.15, 0.2) is 0 Å². The van der Waals surface area contributed by atoms with E-state index >= 15 is 0 Å². The highest BCUT2D eigenvalue weighted by molar-refractivity contribution is 5.28. The first-order valence-corrected chi connectivity index (χ1v) is 7.16. The minimum Gasteiger partial charge on any atom is -0.491 e. The molecule has 0 aliphatic rings. The summed E-state index contributed by atoms with van der Waals surface area (Å²) in [6.45, 7) is 5.27. The Kier molecular flexibility index (Phi) is 6.89. The molecule has 0 saturated heterocycles. The average Bonchev–Trinajstić information content (AvgIpc) is 2.37. The van der Waals surface area contributed by atoms with E-state index in [0.29, 0.717) is 6.61 Å². The predicted molar refractivity (Wildman–Crippen MR) is 79.7 cm³/mol. The molecule has 3 nitrogen and oxygen atoms in total. The Morgan fingerprint density at radius 3 is 2.84 bits per heavy atom. The maximum Gasteiger partial charge on any atom is 0.119 e. The third kappa shape index (κ3) is 6.60. The van der Waals surface area contributed by atoms with Crippen LogP contribution in [0.15, 0.2) is 24.3 Å². The van der Waals surface area contributed by atoms with Gasteiger partial charge in [-0.25, -0.2) is 0 Å². The van der Waals surface area contributed by atoms with E-state index in [1.807, 2.05) is 26.1 Å².